The number of aromatic nitrogens is 2. The second kappa shape index (κ2) is 4.14. The second-order valence-electron chi connectivity index (χ2n) is 3.15. The van der Waals surface area contributed by atoms with Crippen LogP contribution in [0.4, 0.5) is 0 Å². The number of furan rings is 1. The summed E-state index contributed by atoms with van der Waals surface area (Å²) in [5.41, 5.74) is 0.152. The van der Waals surface area contributed by atoms with Gasteiger partial charge in [-0.05, 0) is 19.1 Å². The minimum atomic E-state index is -0.335. The average molecular weight is 218 g/mol. The Morgan fingerprint density at radius 2 is 2.06 bits per heavy atom. The third kappa shape index (κ3) is 1.79. The fourth-order valence-electron chi connectivity index (χ4n) is 1.30. The van der Waals surface area contributed by atoms with Crippen molar-refractivity contribution < 1.29 is 13.9 Å². The number of carbonyl (C=O) groups excluding carboxylic acids is 1. The third-order valence-electron chi connectivity index (χ3n) is 2.04. The van der Waals surface area contributed by atoms with Gasteiger partial charge in [-0.25, -0.2) is 9.97 Å². The van der Waals surface area contributed by atoms with Gasteiger partial charge in [-0.2, -0.15) is 0 Å². The zero-order valence-electron chi connectivity index (χ0n) is 8.93. The zero-order valence-corrected chi connectivity index (χ0v) is 8.93. The molecule has 0 amide bonds. The fraction of sp³-hybridized carbons (Fsp3) is 0.182. The molecular weight excluding hydrogens is 208 g/mol. The van der Waals surface area contributed by atoms with E-state index in [4.69, 9.17) is 9.15 Å². The number of rotatable bonds is 3. The van der Waals surface area contributed by atoms with Crippen LogP contribution in [0.25, 0.3) is 0 Å². The molecule has 0 atom stereocenters. The van der Waals surface area contributed by atoms with Gasteiger partial charge in [0.05, 0.1) is 7.11 Å². The van der Waals surface area contributed by atoms with E-state index in [1.807, 2.05) is 0 Å². The Kier molecular flexibility index (Phi) is 2.68. The van der Waals surface area contributed by atoms with Crippen molar-refractivity contribution in [3.8, 4) is 5.88 Å². The minimum absolute atomic E-state index is 0.152. The summed E-state index contributed by atoms with van der Waals surface area (Å²) in [6.07, 6.45) is 2.90. The predicted octanol–water partition coefficient (Wildman–Crippen LogP) is 1.62. The number of aryl methyl sites for hydroxylation is 1. The molecule has 5 nitrogen and oxygen atoms in total. The Labute approximate surface area is 92.1 Å². The summed E-state index contributed by atoms with van der Waals surface area (Å²) in [4.78, 5) is 19.8. The van der Waals surface area contributed by atoms with E-state index in [-0.39, 0.29) is 23.1 Å². The van der Waals surface area contributed by atoms with Crippen LogP contribution in [0.5, 0.6) is 5.88 Å². The maximum Gasteiger partial charge on any atom is 0.252 e. The molecule has 0 spiro atoms. The standard InChI is InChI=1S/C11H10N2O3/c1-7-3-4-8(16-7)10(14)9-11(15-2)13-6-5-12-9/h3-6H,1-2H3. The normalized spacial score (nSPS) is 10.1. The average Bonchev–Trinajstić information content (AvgIpc) is 2.75. The molecular formula is C11H10N2O3. The molecule has 0 aliphatic rings. The van der Waals surface area contributed by atoms with Crippen molar-refractivity contribution in [2.75, 3.05) is 7.11 Å². The van der Waals surface area contributed by atoms with Gasteiger partial charge in [0.15, 0.2) is 11.5 Å². The van der Waals surface area contributed by atoms with E-state index < -0.39 is 0 Å². The van der Waals surface area contributed by atoms with Crippen LogP contribution in [-0.4, -0.2) is 22.9 Å². The van der Waals surface area contributed by atoms with Crippen LogP contribution in [0.15, 0.2) is 28.9 Å². The number of hydrogen-bond acceptors (Lipinski definition) is 5. The first-order valence-corrected chi connectivity index (χ1v) is 4.68. The van der Waals surface area contributed by atoms with E-state index in [1.165, 1.54) is 19.5 Å². The molecule has 0 aliphatic heterocycles. The predicted molar refractivity (Wildman–Crippen MR) is 55.5 cm³/mol. The first kappa shape index (κ1) is 10.4. The van der Waals surface area contributed by atoms with Crippen molar-refractivity contribution in [3.05, 3.63) is 41.7 Å². The lowest BCUT2D eigenvalue weighted by molar-refractivity contribution is 0.0999. The number of carbonyl (C=O) groups is 1. The number of ketones is 1. The summed E-state index contributed by atoms with van der Waals surface area (Å²) >= 11 is 0. The zero-order chi connectivity index (χ0) is 11.5. The van der Waals surface area contributed by atoms with Crippen molar-refractivity contribution in [1.82, 2.24) is 9.97 Å². The Morgan fingerprint density at radius 1 is 1.31 bits per heavy atom. The highest BCUT2D eigenvalue weighted by molar-refractivity contribution is 6.07. The van der Waals surface area contributed by atoms with Gasteiger partial charge in [-0.3, -0.25) is 4.79 Å². The number of nitrogens with zero attached hydrogens (tertiary/aromatic N) is 2. The molecule has 82 valence electrons. The second-order valence-corrected chi connectivity index (χ2v) is 3.15. The molecule has 0 saturated carbocycles. The van der Waals surface area contributed by atoms with Gasteiger partial charge in [0.1, 0.15) is 5.76 Å². The molecule has 2 rings (SSSR count). The lowest BCUT2D eigenvalue weighted by Crippen LogP contribution is -2.06. The summed E-state index contributed by atoms with van der Waals surface area (Å²) in [5, 5.41) is 0. The van der Waals surface area contributed by atoms with E-state index in [0.29, 0.717) is 5.76 Å². The molecule has 0 unspecified atom stereocenters. The van der Waals surface area contributed by atoms with Gasteiger partial charge in [-0.15, -0.1) is 0 Å². The van der Waals surface area contributed by atoms with Crippen molar-refractivity contribution in [2.45, 2.75) is 6.92 Å². The SMILES string of the molecule is COc1nccnc1C(=O)c1ccc(C)o1. The van der Waals surface area contributed by atoms with E-state index in [2.05, 4.69) is 9.97 Å². The van der Waals surface area contributed by atoms with Gasteiger partial charge in [-0.1, -0.05) is 0 Å². The van der Waals surface area contributed by atoms with Crippen LogP contribution < -0.4 is 4.74 Å². The third-order valence-corrected chi connectivity index (χ3v) is 2.04. The summed E-state index contributed by atoms with van der Waals surface area (Å²) in [6, 6.07) is 3.32. The van der Waals surface area contributed by atoms with Crippen molar-refractivity contribution >= 4 is 5.78 Å². The summed E-state index contributed by atoms with van der Waals surface area (Å²) in [5.74, 6) is 0.766. The lowest BCUT2D eigenvalue weighted by atomic mass is 10.2. The van der Waals surface area contributed by atoms with E-state index in [9.17, 15) is 4.79 Å². The Bertz CT molecular complexity index is 519. The molecule has 2 heterocycles. The summed E-state index contributed by atoms with van der Waals surface area (Å²) < 4.78 is 10.2. The number of ether oxygens (including phenoxy) is 1. The highest BCUT2D eigenvalue weighted by Gasteiger charge is 2.19. The lowest BCUT2D eigenvalue weighted by Gasteiger charge is -2.02. The van der Waals surface area contributed by atoms with Gasteiger partial charge in [0, 0.05) is 12.4 Å². The first-order chi connectivity index (χ1) is 7.72. The molecule has 0 radical (unpaired) electrons. The molecule has 0 fully saturated rings. The Balaban J connectivity index is 2.41. The molecule has 0 saturated heterocycles. The molecule has 0 aromatic carbocycles. The van der Waals surface area contributed by atoms with E-state index >= 15 is 0 Å². The van der Waals surface area contributed by atoms with Crippen LogP contribution in [0.2, 0.25) is 0 Å². The number of methoxy groups -OCH3 is 1. The fourth-order valence-corrected chi connectivity index (χ4v) is 1.30. The topological polar surface area (TPSA) is 65.2 Å². The van der Waals surface area contributed by atoms with Gasteiger partial charge in [0.25, 0.3) is 5.78 Å². The first-order valence-electron chi connectivity index (χ1n) is 4.68. The van der Waals surface area contributed by atoms with Crippen LogP contribution in [0.1, 0.15) is 22.0 Å². The molecule has 5 heteroatoms. The van der Waals surface area contributed by atoms with Gasteiger partial charge < -0.3 is 9.15 Å². The molecule has 0 N–H and O–H groups in total. The Morgan fingerprint density at radius 3 is 2.69 bits per heavy atom. The minimum Gasteiger partial charge on any atom is -0.479 e. The van der Waals surface area contributed by atoms with Crippen LogP contribution in [0, 0.1) is 6.92 Å². The molecule has 2 aromatic rings. The van der Waals surface area contributed by atoms with E-state index in [1.54, 1.807) is 19.1 Å². The highest BCUT2D eigenvalue weighted by Crippen LogP contribution is 2.17. The quantitative estimate of drug-likeness (QED) is 0.732. The maximum absolute atomic E-state index is 12.0. The van der Waals surface area contributed by atoms with Crippen molar-refractivity contribution in [2.24, 2.45) is 0 Å². The van der Waals surface area contributed by atoms with Gasteiger partial charge in [0.2, 0.25) is 5.88 Å². The van der Waals surface area contributed by atoms with Crippen LogP contribution in [-0.2, 0) is 0 Å². The summed E-state index contributed by atoms with van der Waals surface area (Å²) in [6.45, 7) is 1.77. The monoisotopic (exact) mass is 218 g/mol. The maximum atomic E-state index is 12.0. The van der Waals surface area contributed by atoms with Crippen LogP contribution in [0.3, 0.4) is 0 Å². The molecule has 0 aliphatic carbocycles. The highest BCUT2D eigenvalue weighted by atomic mass is 16.5. The number of hydrogen-bond donors (Lipinski definition) is 0. The van der Waals surface area contributed by atoms with E-state index in [0.717, 1.165) is 0 Å². The summed E-state index contributed by atoms with van der Waals surface area (Å²) in [7, 11) is 1.44. The van der Waals surface area contributed by atoms with Gasteiger partial charge >= 0.3 is 0 Å². The largest absolute Gasteiger partial charge is 0.479 e. The smallest absolute Gasteiger partial charge is 0.252 e. The molecule has 0 bridgehead atoms. The molecule has 16 heavy (non-hydrogen) atoms. The Hall–Kier alpha value is -2.17. The molecule has 2 aromatic heterocycles. The van der Waals surface area contributed by atoms with Crippen molar-refractivity contribution in [1.29, 1.82) is 0 Å². The van der Waals surface area contributed by atoms with Crippen LogP contribution >= 0.6 is 0 Å². The van der Waals surface area contributed by atoms with Crippen molar-refractivity contribution in [3.63, 3.8) is 0 Å².